The monoisotopic (exact) mass is 331 g/mol. The number of amides is 1. The minimum Gasteiger partial charge on any atom is -0.465 e. The minimum absolute atomic E-state index is 0.0438. The maximum absolute atomic E-state index is 11.8. The summed E-state index contributed by atoms with van der Waals surface area (Å²) in [7, 11) is 1.32. The summed E-state index contributed by atoms with van der Waals surface area (Å²) in [6.45, 7) is 0.448. The Labute approximate surface area is 118 Å². The average Bonchev–Trinajstić information content (AvgIpc) is 2.68. The minimum atomic E-state index is -0.446. The van der Waals surface area contributed by atoms with Gasteiger partial charge in [0.15, 0.2) is 0 Å². The summed E-state index contributed by atoms with van der Waals surface area (Å²) in [6, 6.07) is 5.11. The molecule has 1 unspecified atom stereocenters. The molecule has 2 rings (SSSR count). The molecule has 1 atom stereocenters. The van der Waals surface area contributed by atoms with Crippen molar-refractivity contribution in [1.82, 2.24) is 0 Å². The van der Waals surface area contributed by atoms with Crippen molar-refractivity contribution in [2.45, 2.75) is 11.8 Å². The Balaban J connectivity index is 2.40. The number of alkyl halides is 1. The number of anilines is 1. The fourth-order valence-electron chi connectivity index (χ4n) is 1.89. The van der Waals surface area contributed by atoms with Gasteiger partial charge in [-0.25, -0.2) is 4.79 Å². The summed E-state index contributed by atoms with van der Waals surface area (Å²) in [6.07, 6.45) is 0.316. The van der Waals surface area contributed by atoms with Crippen molar-refractivity contribution in [3.05, 3.63) is 28.2 Å². The molecule has 96 valence electrons. The van der Waals surface area contributed by atoms with Crippen LogP contribution in [0.1, 0.15) is 16.8 Å². The number of carbonyl (C=O) groups is 2. The number of nitrogens with zero attached hydrogens (tertiary/aromatic N) is 1. The second-order valence-corrected chi connectivity index (χ2v) is 5.35. The maximum atomic E-state index is 11.8. The van der Waals surface area contributed by atoms with Crippen molar-refractivity contribution in [3.8, 4) is 0 Å². The number of halogens is 2. The van der Waals surface area contributed by atoms with E-state index in [0.717, 1.165) is 0 Å². The Morgan fingerprint density at radius 1 is 1.56 bits per heavy atom. The van der Waals surface area contributed by atoms with E-state index in [-0.39, 0.29) is 11.3 Å². The van der Waals surface area contributed by atoms with Crippen LogP contribution in [0, 0.1) is 0 Å². The number of rotatable bonds is 2. The van der Waals surface area contributed by atoms with Crippen LogP contribution < -0.4 is 4.90 Å². The van der Waals surface area contributed by atoms with E-state index in [0.29, 0.717) is 28.7 Å². The molecular weight excluding hydrogens is 321 g/mol. The summed E-state index contributed by atoms with van der Waals surface area (Å²) < 4.78 is 5.24. The predicted molar refractivity (Wildman–Crippen MR) is 72.1 cm³/mol. The van der Waals surface area contributed by atoms with Gasteiger partial charge in [0.2, 0.25) is 5.91 Å². The van der Waals surface area contributed by atoms with Crippen molar-refractivity contribution in [2.75, 3.05) is 18.6 Å². The highest BCUT2D eigenvalue weighted by molar-refractivity contribution is 9.10. The fourth-order valence-corrected chi connectivity index (χ4v) is 2.80. The van der Waals surface area contributed by atoms with Crippen molar-refractivity contribution in [1.29, 1.82) is 0 Å². The van der Waals surface area contributed by atoms with Gasteiger partial charge in [-0.05, 0) is 28.1 Å². The molecule has 1 fully saturated rings. The van der Waals surface area contributed by atoms with E-state index in [1.807, 2.05) is 0 Å². The lowest BCUT2D eigenvalue weighted by Gasteiger charge is -2.18. The summed E-state index contributed by atoms with van der Waals surface area (Å²) >= 11 is 9.31. The summed E-state index contributed by atoms with van der Waals surface area (Å²) in [5, 5.41) is -0.189. The van der Waals surface area contributed by atoms with E-state index < -0.39 is 5.97 Å². The molecule has 0 radical (unpaired) electrons. The number of ether oxygens (including phenoxy) is 1. The van der Waals surface area contributed by atoms with Gasteiger partial charge in [-0.15, -0.1) is 11.6 Å². The Morgan fingerprint density at radius 3 is 2.83 bits per heavy atom. The molecule has 1 saturated heterocycles. The van der Waals surface area contributed by atoms with E-state index in [4.69, 9.17) is 11.6 Å². The van der Waals surface area contributed by atoms with Crippen molar-refractivity contribution in [2.24, 2.45) is 0 Å². The number of hydrogen-bond donors (Lipinski definition) is 0. The largest absolute Gasteiger partial charge is 0.465 e. The molecule has 0 bridgehead atoms. The molecule has 1 aliphatic rings. The van der Waals surface area contributed by atoms with Crippen LogP contribution in [0.3, 0.4) is 0 Å². The molecule has 1 heterocycles. The van der Waals surface area contributed by atoms with Crippen LogP contribution in [-0.2, 0) is 9.53 Å². The topological polar surface area (TPSA) is 46.6 Å². The molecule has 0 aromatic heterocycles. The van der Waals surface area contributed by atoms with Crippen molar-refractivity contribution < 1.29 is 14.3 Å². The van der Waals surface area contributed by atoms with Crippen molar-refractivity contribution >= 4 is 45.1 Å². The number of hydrogen-bond acceptors (Lipinski definition) is 3. The molecule has 0 saturated carbocycles. The normalized spacial score (nSPS) is 19.2. The van der Waals surface area contributed by atoms with Gasteiger partial charge < -0.3 is 9.64 Å². The molecule has 6 heteroatoms. The van der Waals surface area contributed by atoms with Gasteiger partial charge in [0.1, 0.15) is 0 Å². The van der Waals surface area contributed by atoms with Crippen LogP contribution in [0.15, 0.2) is 22.7 Å². The maximum Gasteiger partial charge on any atom is 0.339 e. The van der Waals surface area contributed by atoms with E-state index >= 15 is 0 Å². The third-order valence-electron chi connectivity index (χ3n) is 2.75. The first-order valence-corrected chi connectivity index (χ1v) is 6.58. The van der Waals surface area contributed by atoms with E-state index in [9.17, 15) is 9.59 Å². The Hall–Kier alpha value is -1.07. The average molecular weight is 333 g/mol. The third kappa shape index (κ3) is 2.37. The Bertz CT molecular complexity index is 506. The number of benzene rings is 1. The Kier molecular flexibility index (Phi) is 3.92. The first-order valence-electron chi connectivity index (χ1n) is 5.36. The zero-order valence-electron chi connectivity index (χ0n) is 9.65. The molecule has 1 aromatic rings. The van der Waals surface area contributed by atoms with Gasteiger partial charge in [0.25, 0.3) is 0 Å². The standard InChI is InChI=1S/C12H11BrClNO3/c1-18-12(17)8-3-2-4-9(11(8)13)15-6-7(14)5-10(15)16/h2-4,7H,5-6H2,1H3. The van der Waals surface area contributed by atoms with Gasteiger partial charge in [-0.1, -0.05) is 6.07 Å². The third-order valence-corrected chi connectivity index (χ3v) is 3.88. The zero-order chi connectivity index (χ0) is 13.3. The molecule has 0 spiro atoms. The lowest BCUT2D eigenvalue weighted by atomic mass is 10.2. The van der Waals surface area contributed by atoms with Crippen LogP contribution in [0.4, 0.5) is 5.69 Å². The second-order valence-electron chi connectivity index (χ2n) is 3.94. The highest BCUT2D eigenvalue weighted by Gasteiger charge is 2.31. The lowest BCUT2D eigenvalue weighted by Crippen LogP contribution is -2.25. The smallest absolute Gasteiger partial charge is 0.339 e. The molecule has 0 N–H and O–H groups in total. The molecule has 1 aliphatic heterocycles. The van der Waals surface area contributed by atoms with Crippen LogP contribution >= 0.6 is 27.5 Å². The summed E-state index contributed by atoms with van der Waals surface area (Å²) in [5.41, 5.74) is 1.03. The van der Waals surface area contributed by atoms with E-state index in [1.54, 1.807) is 23.1 Å². The van der Waals surface area contributed by atoms with Crippen molar-refractivity contribution in [3.63, 3.8) is 0 Å². The van der Waals surface area contributed by atoms with Crippen LogP contribution in [0.5, 0.6) is 0 Å². The number of carbonyl (C=O) groups excluding carboxylic acids is 2. The van der Waals surface area contributed by atoms with Crippen LogP contribution in [0.2, 0.25) is 0 Å². The van der Waals surface area contributed by atoms with E-state index in [2.05, 4.69) is 20.7 Å². The van der Waals surface area contributed by atoms with Gasteiger partial charge in [0, 0.05) is 13.0 Å². The van der Waals surface area contributed by atoms with Gasteiger partial charge in [-0.2, -0.15) is 0 Å². The first-order chi connectivity index (χ1) is 8.54. The molecule has 0 aliphatic carbocycles. The van der Waals surface area contributed by atoms with Gasteiger partial charge >= 0.3 is 5.97 Å². The second kappa shape index (κ2) is 5.28. The van der Waals surface area contributed by atoms with E-state index in [1.165, 1.54) is 7.11 Å². The number of methoxy groups -OCH3 is 1. The van der Waals surface area contributed by atoms with Gasteiger partial charge in [0.05, 0.1) is 28.2 Å². The molecule has 4 nitrogen and oxygen atoms in total. The summed E-state index contributed by atoms with van der Waals surface area (Å²) in [5.74, 6) is -0.490. The summed E-state index contributed by atoms with van der Waals surface area (Å²) in [4.78, 5) is 24.9. The highest BCUT2D eigenvalue weighted by Crippen LogP contribution is 2.33. The number of esters is 1. The Morgan fingerprint density at radius 2 is 2.28 bits per heavy atom. The first kappa shape index (κ1) is 13.4. The van der Waals surface area contributed by atoms with Crippen LogP contribution in [-0.4, -0.2) is 30.9 Å². The SMILES string of the molecule is COC(=O)c1cccc(N2CC(Cl)CC2=O)c1Br. The molecular formula is C12H11BrClNO3. The lowest BCUT2D eigenvalue weighted by molar-refractivity contribution is -0.117. The highest BCUT2D eigenvalue weighted by atomic mass is 79.9. The molecule has 18 heavy (non-hydrogen) atoms. The predicted octanol–water partition coefficient (Wildman–Crippen LogP) is 2.58. The zero-order valence-corrected chi connectivity index (χ0v) is 12.0. The quantitative estimate of drug-likeness (QED) is 0.618. The fraction of sp³-hybridized carbons (Fsp3) is 0.333. The van der Waals surface area contributed by atoms with Gasteiger partial charge in [-0.3, -0.25) is 4.79 Å². The molecule has 1 aromatic carbocycles. The van der Waals surface area contributed by atoms with Crippen LogP contribution in [0.25, 0.3) is 0 Å². The molecule has 1 amide bonds.